The number of imidazole rings is 1. The van der Waals surface area contributed by atoms with E-state index in [2.05, 4.69) is 74.6 Å². The Morgan fingerprint density at radius 1 is 1.07 bits per heavy atom. The van der Waals surface area contributed by atoms with E-state index in [0.717, 1.165) is 24.1 Å². The van der Waals surface area contributed by atoms with E-state index in [9.17, 15) is 8.42 Å². The predicted octanol–water partition coefficient (Wildman–Crippen LogP) is 4.98. The van der Waals surface area contributed by atoms with Crippen molar-refractivity contribution in [1.82, 2.24) is 13.9 Å². The molecule has 6 heteroatoms. The number of rotatable bonds is 6. The largest absolute Gasteiger partial charge is 0.330 e. The number of piperidine rings is 1. The summed E-state index contributed by atoms with van der Waals surface area (Å²) < 4.78 is 28.6. The molecule has 160 valence electrons. The summed E-state index contributed by atoms with van der Waals surface area (Å²) in [5.41, 5.74) is 3.38. The number of hydrogen-bond donors (Lipinski definition) is 0. The van der Waals surface area contributed by atoms with Gasteiger partial charge >= 0.3 is 0 Å². The van der Waals surface area contributed by atoms with Crippen molar-refractivity contribution < 1.29 is 8.42 Å². The maximum Gasteiger partial charge on any atom is 0.211 e. The first kappa shape index (κ1) is 22.0. The fourth-order valence-corrected chi connectivity index (χ4v) is 5.41. The van der Waals surface area contributed by atoms with Crippen molar-refractivity contribution in [2.75, 3.05) is 12.8 Å². The molecule has 29 heavy (non-hydrogen) atoms. The summed E-state index contributed by atoms with van der Waals surface area (Å²) in [5, 5.41) is 0. The van der Waals surface area contributed by atoms with Crippen molar-refractivity contribution in [3.05, 3.63) is 53.6 Å². The number of nitrogens with zero attached hydrogens (tertiary/aromatic N) is 3. The molecular formula is C23H35N3O2S. The second-order valence-corrected chi connectivity index (χ2v) is 11.1. The van der Waals surface area contributed by atoms with Crippen LogP contribution in [0.25, 0.3) is 0 Å². The second-order valence-electron chi connectivity index (χ2n) is 9.16. The normalized spacial score (nSPS) is 22.3. The van der Waals surface area contributed by atoms with Crippen LogP contribution in [0, 0.1) is 11.8 Å². The molecule has 1 aliphatic heterocycles. The van der Waals surface area contributed by atoms with Gasteiger partial charge in [-0.25, -0.2) is 13.4 Å². The first-order valence-electron chi connectivity index (χ1n) is 10.7. The van der Waals surface area contributed by atoms with E-state index < -0.39 is 10.0 Å². The smallest absolute Gasteiger partial charge is 0.211 e. The van der Waals surface area contributed by atoms with Crippen LogP contribution in [0.1, 0.15) is 82.3 Å². The summed E-state index contributed by atoms with van der Waals surface area (Å²) >= 11 is 0. The van der Waals surface area contributed by atoms with Gasteiger partial charge in [0.2, 0.25) is 10.0 Å². The zero-order chi connectivity index (χ0) is 21.3. The average Bonchev–Trinajstić information content (AvgIpc) is 3.17. The van der Waals surface area contributed by atoms with Crippen LogP contribution in [0.15, 0.2) is 36.8 Å². The van der Waals surface area contributed by atoms with E-state index in [1.54, 1.807) is 4.31 Å². The average molecular weight is 418 g/mol. The van der Waals surface area contributed by atoms with E-state index in [4.69, 9.17) is 0 Å². The standard InChI is InChI=1S/C23H35N3O2S/c1-16(2)21-11-12-26(29(6,27)28)23(13-21)20-9-7-19(8-10-20)18(5)25-14-22(17(3)4)24-15-25/h7-10,14-18,21,23H,11-13H2,1-6H3. The molecule has 1 aromatic carbocycles. The van der Waals surface area contributed by atoms with Crippen molar-refractivity contribution in [2.24, 2.45) is 11.8 Å². The maximum atomic E-state index is 12.4. The Balaban J connectivity index is 1.84. The van der Waals surface area contributed by atoms with E-state index in [-0.39, 0.29) is 12.1 Å². The number of aromatic nitrogens is 2. The summed E-state index contributed by atoms with van der Waals surface area (Å²) in [7, 11) is -3.23. The van der Waals surface area contributed by atoms with E-state index in [1.807, 2.05) is 6.33 Å². The first-order valence-corrected chi connectivity index (χ1v) is 12.5. The predicted molar refractivity (Wildman–Crippen MR) is 118 cm³/mol. The zero-order valence-electron chi connectivity index (χ0n) is 18.5. The van der Waals surface area contributed by atoms with E-state index in [1.165, 1.54) is 11.8 Å². The molecule has 5 nitrogen and oxygen atoms in total. The molecule has 1 aliphatic rings. The van der Waals surface area contributed by atoms with Gasteiger partial charge < -0.3 is 4.57 Å². The van der Waals surface area contributed by atoms with Crippen molar-refractivity contribution in [2.45, 2.75) is 65.5 Å². The number of hydrogen-bond acceptors (Lipinski definition) is 3. The van der Waals surface area contributed by atoms with Crippen molar-refractivity contribution in [3.63, 3.8) is 0 Å². The molecule has 1 fully saturated rings. The van der Waals surface area contributed by atoms with Gasteiger partial charge in [-0.05, 0) is 48.6 Å². The minimum absolute atomic E-state index is 0.0729. The molecule has 3 rings (SSSR count). The molecule has 0 spiro atoms. The molecule has 1 aromatic heterocycles. The zero-order valence-corrected chi connectivity index (χ0v) is 19.4. The van der Waals surface area contributed by atoms with Gasteiger partial charge in [0.25, 0.3) is 0 Å². The van der Waals surface area contributed by atoms with Crippen molar-refractivity contribution >= 4 is 10.0 Å². The topological polar surface area (TPSA) is 55.2 Å². The quantitative estimate of drug-likeness (QED) is 0.666. The summed E-state index contributed by atoms with van der Waals surface area (Å²) in [6.07, 6.45) is 7.17. The fraction of sp³-hybridized carbons (Fsp3) is 0.609. The van der Waals surface area contributed by atoms with Crippen LogP contribution >= 0.6 is 0 Å². The van der Waals surface area contributed by atoms with Gasteiger partial charge in [0, 0.05) is 18.8 Å². The molecule has 3 atom stereocenters. The number of benzene rings is 1. The van der Waals surface area contributed by atoms with E-state index in [0.29, 0.717) is 24.3 Å². The van der Waals surface area contributed by atoms with E-state index >= 15 is 0 Å². The van der Waals surface area contributed by atoms with Gasteiger partial charge in [0.15, 0.2) is 0 Å². The highest BCUT2D eigenvalue weighted by atomic mass is 32.2. The Hall–Kier alpha value is -1.66. The first-order chi connectivity index (χ1) is 13.6. The molecule has 1 saturated heterocycles. The molecule has 0 saturated carbocycles. The van der Waals surface area contributed by atoms with Crippen LogP contribution in [0.3, 0.4) is 0 Å². The lowest BCUT2D eigenvalue weighted by Gasteiger charge is -2.39. The molecule has 2 heterocycles. The number of sulfonamides is 1. The summed E-state index contributed by atoms with van der Waals surface area (Å²) in [6.45, 7) is 11.5. The molecule has 0 aliphatic carbocycles. The van der Waals surface area contributed by atoms with Crippen LogP contribution in [0.5, 0.6) is 0 Å². The molecule has 0 radical (unpaired) electrons. The lowest BCUT2D eigenvalue weighted by molar-refractivity contribution is 0.166. The van der Waals surface area contributed by atoms with Crippen LogP contribution in [-0.4, -0.2) is 35.1 Å². The highest BCUT2D eigenvalue weighted by Gasteiger charge is 2.35. The van der Waals surface area contributed by atoms with Gasteiger partial charge in [0.05, 0.1) is 24.3 Å². The molecule has 0 N–H and O–H groups in total. The summed E-state index contributed by atoms with van der Waals surface area (Å²) in [5.74, 6) is 1.53. The third-order valence-corrected chi connectivity index (χ3v) is 7.72. The molecular weight excluding hydrogens is 382 g/mol. The lowest BCUT2D eigenvalue weighted by atomic mass is 9.82. The molecule has 0 bridgehead atoms. The van der Waals surface area contributed by atoms with Gasteiger partial charge in [-0.1, -0.05) is 52.0 Å². The van der Waals surface area contributed by atoms with Crippen LogP contribution in [-0.2, 0) is 10.0 Å². The second kappa shape index (κ2) is 8.60. The molecule has 0 amide bonds. The van der Waals surface area contributed by atoms with Gasteiger partial charge in [0.1, 0.15) is 0 Å². The van der Waals surface area contributed by atoms with Gasteiger partial charge in [-0.15, -0.1) is 0 Å². The lowest BCUT2D eigenvalue weighted by Crippen LogP contribution is -2.41. The highest BCUT2D eigenvalue weighted by Crippen LogP contribution is 2.39. The van der Waals surface area contributed by atoms with Crippen LogP contribution < -0.4 is 0 Å². The fourth-order valence-electron chi connectivity index (χ4n) is 4.31. The van der Waals surface area contributed by atoms with Gasteiger partial charge in [-0.2, -0.15) is 4.31 Å². The summed E-state index contributed by atoms with van der Waals surface area (Å²) in [6, 6.07) is 8.60. The highest BCUT2D eigenvalue weighted by molar-refractivity contribution is 7.88. The minimum Gasteiger partial charge on any atom is -0.330 e. The van der Waals surface area contributed by atoms with Gasteiger partial charge in [-0.3, -0.25) is 0 Å². The SMILES string of the molecule is CC(C)c1cn(C(C)c2ccc(C3CC(C(C)C)CCN3S(C)(=O)=O)cc2)cn1. The monoisotopic (exact) mass is 417 g/mol. The Labute approximate surface area is 176 Å². The molecule has 2 aromatic rings. The Morgan fingerprint density at radius 3 is 2.24 bits per heavy atom. The Morgan fingerprint density at radius 2 is 1.72 bits per heavy atom. The van der Waals surface area contributed by atoms with Crippen molar-refractivity contribution in [1.29, 1.82) is 0 Å². The van der Waals surface area contributed by atoms with Crippen LogP contribution in [0.4, 0.5) is 0 Å². The Bertz CT molecular complexity index is 916. The molecule has 3 unspecified atom stereocenters. The third-order valence-electron chi connectivity index (χ3n) is 6.43. The van der Waals surface area contributed by atoms with Crippen LogP contribution in [0.2, 0.25) is 0 Å². The maximum absolute atomic E-state index is 12.4. The Kier molecular flexibility index (Phi) is 6.54. The summed E-state index contributed by atoms with van der Waals surface area (Å²) in [4.78, 5) is 4.50. The minimum atomic E-state index is -3.23. The third kappa shape index (κ3) is 4.92. The van der Waals surface area contributed by atoms with Crippen molar-refractivity contribution in [3.8, 4) is 0 Å².